The lowest BCUT2D eigenvalue weighted by atomic mass is 9.94. The second kappa shape index (κ2) is 13.5. The van der Waals surface area contributed by atoms with Crippen LogP contribution < -0.4 is 15.4 Å². The van der Waals surface area contributed by atoms with E-state index in [0.29, 0.717) is 17.9 Å². The predicted octanol–water partition coefficient (Wildman–Crippen LogP) is 6.17. The Hall–Kier alpha value is -3.55. The number of carbonyl (C=O) groups excluding carboxylic acids is 3. The van der Waals surface area contributed by atoms with Gasteiger partial charge in [0.1, 0.15) is 23.4 Å². The minimum Gasteiger partial charge on any atom is -0.497 e. The Morgan fingerprint density at radius 2 is 1.56 bits per heavy atom. The van der Waals surface area contributed by atoms with Gasteiger partial charge >= 0.3 is 6.09 Å². The van der Waals surface area contributed by atoms with Crippen molar-refractivity contribution in [2.75, 3.05) is 12.4 Å². The van der Waals surface area contributed by atoms with Crippen LogP contribution in [0.4, 0.5) is 10.5 Å². The van der Waals surface area contributed by atoms with Crippen molar-refractivity contribution in [3.8, 4) is 5.75 Å². The molecule has 0 aliphatic carbocycles. The molecule has 8 heteroatoms. The van der Waals surface area contributed by atoms with Gasteiger partial charge in [-0.05, 0) is 96.2 Å². The molecule has 0 fully saturated rings. The molecule has 0 radical (unpaired) electrons. The van der Waals surface area contributed by atoms with Crippen LogP contribution in [0.1, 0.15) is 77.6 Å². The molecule has 0 heterocycles. The number of hydrogen-bond donors (Lipinski definition) is 2. The Bertz CT molecular complexity index is 1140. The van der Waals surface area contributed by atoms with Gasteiger partial charge < -0.3 is 25.0 Å². The number of carbonyl (C=O) groups is 3. The maximum atomic E-state index is 14.2. The standard InChI is InChI=1S/C31H45N3O5/c1-19(2)17-26(33-30(37)39-31(7,8)9)29(36)34(20(3)4)27(25-18-21(5)11-12-22(25)6)28(35)32-23-13-15-24(38-10)16-14-23/h11-16,18-20,26-27H,17H2,1-10H3,(H,32,35)(H,33,37). The van der Waals surface area contributed by atoms with Crippen LogP contribution in [0.25, 0.3) is 0 Å². The van der Waals surface area contributed by atoms with E-state index >= 15 is 0 Å². The van der Waals surface area contributed by atoms with E-state index in [9.17, 15) is 14.4 Å². The highest BCUT2D eigenvalue weighted by Gasteiger charge is 2.38. The van der Waals surface area contributed by atoms with Crippen LogP contribution in [0.5, 0.6) is 5.75 Å². The van der Waals surface area contributed by atoms with Crippen molar-refractivity contribution in [3.05, 3.63) is 59.2 Å². The van der Waals surface area contributed by atoms with Gasteiger partial charge in [0.25, 0.3) is 5.91 Å². The first-order valence-electron chi connectivity index (χ1n) is 13.5. The summed E-state index contributed by atoms with van der Waals surface area (Å²) in [7, 11) is 1.58. The lowest BCUT2D eigenvalue weighted by molar-refractivity contribution is -0.143. The molecule has 0 saturated carbocycles. The molecule has 0 saturated heterocycles. The van der Waals surface area contributed by atoms with Gasteiger partial charge in [-0.25, -0.2) is 4.79 Å². The number of methoxy groups -OCH3 is 1. The van der Waals surface area contributed by atoms with Gasteiger partial charge in [0.2, 0.25) is 5.91 Å². The van der Waals surface area contributed by atoms with Crippen molar-refractivity contribution in [3.63, 3.8) is 0 Å². The van der Waals surface area contributed by atoms with Gasteiger partial charge in [-0.2, -0.15) is 0 Å². The first-order valence-corrected chi connectivity index (χ1v) is 13.5. The molecule has 0 aliphatic heterocycles. The Morgan fingerprint density at radius 3 is 2.08 bits per heavy atom. The first kappa shape index (κ1) is 31.7. The lowest BCUT2D eigenvalue weighted by Gasteiger charge is -2.38. The zero-order chi connectivity index (χ0) is 29.5. The molecule has 0 aromatic heterocycles. The molecule has 39 heavy (non-hydrogen) atoms. The Balaban J connectivity index is 2.56. The number of benzene rings is 2. The number of nitrogens with one attached hydrogen (secondary N) is 2. The third-order valence-corrected chi connectivity index (χ3v) is 6.12. The molecule has 2 aromatic rings. The number of rotatable bonds is 10. The first-order chi connectivity index (χ1) is 18.1. The Labute approximate surface area is 233 Å². The van der Waals surface area contributed by atoms with Crippen LogP contribution in [-0.2, 0) is 14.3 Å². The quantitative estimate of drug-likeness (QED) is 0.376. The fourth-order valence-corrected chi connectivity index (χ4v) is 4.36. The highest BCUT2D eigenvalue weighted by molar-refractivity contribution is 5.99. The van der Waals surface area contributed by atoms with Gasteiger partial charge in [-0.3, -0.25) is 9.59 Å². The molecular formula is C31H45N3O5. The van der Waals surface area contributed by atoms with Crippen molar-refractivity contribution in [2.45, 2.75) is 92.5 Å². The minimum absolute atomic E-state index is 0.107. The summed E-state index contributed by atoms with van der Waals surface area (Å²) in [6.07, 6.45) is -0.280. The minimum atomic E-state index is -0.936. The van der Waals surface area contributed by atoms with E-state index in [-0.39, 0.29) is 23.8 Å². The number of nitrogens with zero attached hydrogens (tertiary/aromatic N) is 1. The summed E-state index contributed by atoms with van der Waals surface area (Å²) in [5.74, 6) is 0.0785. The predicted molar refractivity (Wildman–Crippen MR) is 155 cm³/mol. The highest BCUT2D eigenvalue weighted by atomic mass is 16.6. The largest absolute Gasteiger partial charge is 0.497 e. The Kier molecular flexibility index (Phi) is 11.0. The van der Waals surface area contributed by atoms with E-state index in [0.717, 1.165) is 16.7 Å². The normalized spacial score (nSPS) is 13.0. The second-order valence-electron chi connectivity index (χ2n) is 11.6. The van der Waals surface area contributed by atoms with E-state index in [4.69, 9.17) is 9.47 Å². The van der Waals surface area contributed by atoms with Crippen molar-refractivity contribution in [1.29, 1.82) is 0 Å². The smallest absolute Gasteiger partial charge is 0.408 e. The average Bonchev–Trinajstić information content (AvgIpc) is 2.82. The number of anilines is 1. The van der Waals surface area contributed by atoms with Crippen LogP contribution >= 0.6 is 0 Å². The molecule has 214 valence electrons. The summed E-state index contributed by atoms with van der Waals surface area (Å²) in [5.41, 5.74) is 2.45. The molecule has 0 spiro atoms. The van der Waals surface area contributed by atoms with Crippen LogP contribution in [0.15, 0.2) is 42.5 Å². The SMILES string of the molecule is COc1ccc(NC(=O)C(c2cc(C)ccc2C)N(C(=O)C(CC(C)C)NC(=O)OC(C)(C)C)C(C)C)cc1. The van der Waals surface area contributed by atoms with E-state index in [1.54, 1.807) is 57.0 Å². The number of hydrogen-bond acceptors (Lipinski definition) is 5. The maximum Gasteiger partial charge on any atom is 0.408 e. The molecule has 2 rings (SSSR count). The summed E-state index contributed by atoms with van der Waals surface area (Å²) in [6.45, 7) is 16.9. The van der Waals surface area contributed by atoms with Gasteiger partial charge in [0.05, 0.1) is 7.11 Å². The van der Waals surface area contributed by atoms with Gasteiger partial charge in [0.15, 0.2) is 0 Å². The number of ether oxygens (including phenoxy) is 2. The van der Waals surface area contributed by atoms with Crippen LogP contribution in [-0.4, -0.2) is 47.6 Å². The molecule has 0 bridgehead atoms. The molecule has 8 nitrogen and oxygen atoms in total. The fourth-order valence-electron chi connectivity index (χ4n) is 4.36. The molecule has 2 N–H and O–H groups in total. The van der Waals surface area contributed by atoms with Crippen molar-refractivity contribution in [1.82, 2.24) is 10.2 Å². The van der Waals surface area contributed by atoms with Crippen molar-refractivity contribution < 1.29 is 23.9 Å². The molecule has 2 aromatic carbocycles. The van der Waals surface area contributed by atoms with Gasteiger partial charge in [-0.1, -0.05) is 37.6 Å². The van der Waals surface area contributed by atoms with Crippen LogP contribution in [0, 0.1) is 19.8 Å². The fraction of sp³-hybridized carbons (Fsp3) is 0.516. The summed E-state index contributed by atoms with van der Waals surface area (Å²) < 4.78 is 10.7. The van der Waals surface area contributed by atoms with E-state index in [1.807, 2.05) is 59.7 Å². The molecule has 2 unspecified atom stereocenters. The van der Waals surface area contributed by atoms with Gasteiger partial charge in [0, 0.05) is 11.7 Å². The van der Waals surface area contributed by atoms with E-state index in [2.05, 4.69) is 10.6 Å². The lowest BCUT2D eigenvalue weighted by Crippen LogP contribution is -2.54. The number of amides is 3. The van der Waals surface area contributed by atoms with Crippen LogP contribution in [0.3, 0.4) is 0 Å². The topological polar surface area (TPSA) is 97.0 Å². The average molecular weight is 540 g/mol. The molecule has 3 amide bonds. The third-order valence-electron chi connectivity index (χ3n) is 6.12. The van der Waals surface area contributed by atoms with Crippen LogP contribution in [0.2, 0.25) is 0 Å². The highest BCUT2D eigenvalue weighted by Crippen LogP contribution is 2.30. The monoisotopic (exact) mass is 539 g/mol. The third kappa shape index (κ3) is 9.30. The molecule has 0 aliphatic rings. The van der Waals surface area contributed by atoms with Crippen molar-refractivity contribution >= 4 is 23.6 Å². The summed E-state index contributed by atoms with van der Waals surface area (Å²) in [5, 5.41) is 5.76. The van der Waals surface area contributed by atoms with Crippen molar-refractivity contribution in [2.24, 2.45) is 5.92 Å². The van der Waals surface area contributed by atoms with E-state index in [1.165, 1.54) is 0 Å². The van der Waals surface area contributed by atoms with E-state index < -0.39 is 23.8 Å². The van der Waals surface area contributed by atoms with Gasteiger partial charge in [-0.15, -0.1) is 0 Å². The maximum absolute atomic E-state index is 14.2. The molecule has 2 atom stereocenters. The summed E-state index contributed by atoms with van der Waals surface area (Å²) in [6, 6.07) is 10.7. The summed E-state index contributed by atoms with van der Waals surface area (Å²) in [4.78, 5) is 42.5. The number of aryl methyl sites for hydroxylation is 2. The Morgan fingerprint density at radius 1 is 0.949 bits per heavy atom. The molecular weight excluding hydrogens is 494 g/mol. The summed E-state index contributed by atoms with van der Waals surface area (Å²) >= 11 is 0. The zero-order valence-electron chi connectivity index (χ0n) is 25.0. The second-order valence-corrected chi connectivity index (χ2v) is 11.6. The number of alkyl carbamates (subject to hydrolysis) is 1. The zero-order valence-corrected chi connectivity index (χ0v) is 25.0.